The van der Waals surface area contributed by atoms with E-state index < -0.39 is 23.6 Å². The quantitative estimate of drug-likeness (QED) is 0.287. The Balaban J connectivity index is 2.51. The fourth-order valence-corrected chi connectivity index (χ4v) is 4.33. The van der Waals surface area contributed by atoms with Crippen LogP contribution in [0.5, 0.6) is 0 Å². The number of rotatable bonds is 9. The van der Waals surface area contributed by atoms with Crippen molar-refractivity contribution in [2.75, 3.05) is 6.54 Å². The van der Waals surface area contributed by atoms with Gasteiger partial charge in [0, 0.05) is 0 Å². The zero-order valence-corrected chi connectivity index (χ0v) is 18.4. The first-order valence-corrected chi connectivity index (χ1v) is 11.9. The van der Waals surface area contributed by atoms with Gasteiger partial charge in [-0.25, -0.2) is 0 Å². The first-order valence-electron chi connectivity index (χ1n) is 9.46. The molecule has 7 nitrogen and oxygen atoms in total. The van der Waals surface area contributed by atoms with Crippen molar-refractivity contribution in [2.45, 2.75) is 81.2 Å². The van der Waals surface area contributed by atoms with E-state index in [1.54, 1.807) is 20.8 Å². The third-order valence-corrected chi connectivity index (χ3v) is 6.10. The van der Waals surface area contributed by atoms with E-state index in [0.717, 1.165) is 31.0 Å². The van der Waals surface area contributed by atoms with Crippen LogP contribution in [-0.4, -0.2) is 57.1 Å². The molecule has 0 radical (unpaired) electrons. The van der Waals surface area contributed by atoms with E-state index in [1.165, 1.54) is 6.42 Å². The van der Waals surface area contributed by atoms with Gasteiger partial charge in [0.1, 0.15) is 0 Å². The number of ether oxygens (including phenoxy) is 1. The molecule has 27 heavy (non-hydrogen) atoms. The van der Waals surface area contributed by atoms with Gasteiger partial charge in [0.25, 0.3) is 0 Å². The molecule has 3 N–H and O–H groups in total. The van der Waals surface area contributed by atoms with E-state index in [0.29, 0.717) is 5.32 Å². The summed E-state index contributed by atoms with van der Waals surface area (Å²) in [5.41, 5.74) is -0.629. The van der Waals surface area contributed by atoms with Crippen molar-refractivity contribution in [2.24, 2.45) is 0 Å². The molecule has 1 fully saturated rings. The summed E-state index contributed by atoms with van der Waals surface area (Å²) in [4.78, 5) is 36.4. The fourth-order valence-electron chi connectivity index (χ4n) is 2.71. The summed E-state index contributed by atoms with van der Waals surface area (Å²) in [6, 6.07) is -0.391. The second kappa shape index (κ2) is 12.0. The van der Waals surface area contributed by atoms with Crippen molar-refractivity contribution in [3.05, 3.63) is 12.7 Å². The van der Waals surface area contributed by atoms with Gasteiger partial charge in [0.15, 0.2) is 0 Å². The predicted molar refractivity (Wildman–Crippen MR) is 107 cm³/mol. The molecule has 3 amide bonds. The maximum absolute atomic E-state index is 12.6. The third-order valence-electron chi connectivity index (χ3n) is 3.92. The van der Waals surface area contributed by atoms with E-state index in [1.807, 2.05) is 6.08 Å². The van der Waals surface area contributed by atoms with Crippen molar-refractivity contribution in [1.29, 1.82) is 0 Å². The number of carbonyl (C=O) groups excluding carboxylic acids is 3. The van der Waals surface area contributed by atoms with E-state index in [4.69, 9.17) is 4.74 Å². The molecule has 8 heteroatoms. The van der Waals surface area contributed by atoms with Crippen LogP contribution >= 0.6 is 0 Å². The maximum atomic E-state index is 12.6. The fraction of sp³-hybridized carbons (Fsp3) is 0.737. The molecule has 1 atom stereocenters. The van der Waals surface area contributed by atoms with Crippen molar-refractivity contribution in [3.8, 4) is 0 Å². The number of alkyl carbamates (subject to hydrolysis) is 1. The number of nitrogens with one attached hydrogen (secondary N) is 3. The Bertz CT molecular complexity index is 514. The Labute approximate surface area is 168 Å². The van der Waals surface area contributed by atoms with Crippen LogP contribution in [0.25, 0.3) is 0 Å². The first kappa shape index (κ1) is 23.5. The van der Waals surface area contributed by atoms with Crippen LogP contribution in [0.4, 0.5) is 4.79 Å². The second-order valence-electron chi connectivity index (χ2n) is 7.65. The molecule has 154 valence electrons. The number of allylic oxidation sites excluding steroid dienone is 1. The van der Waals surface area contributed by atoms with E-state index in [-0.39, 0.29) is 33.5 Å². The molecule has 1 saturated carbocycles. The molecule has 0 aromatic rings. The number of carbonyl (C=O) groups is 3. The van der Waals surface area contributed by atoms with Gasteiger partial charge < -0.3 is 0 Å². The van der Waals surface area contributed by atoms with Gasteiger partial charge in [-0.2, -0.15) is 0 Å². The minimum atomic E-state index is -0.656. The van der Waals surface area contributed by atoms with E-state index in [2.05, 4.69) is 22.5 Å². The van der Waals surface area contributed by atoms with Crippen LogP contribution in [-0.2, 0) is 14.3 Å². The average Bonchev–Trinajstić information content (AvgIpc) is 2.58. The second-order valence-corrected chi connectivity index (χ2v) is 9.90. The molecule has 1 aliphatic carbocycles. The molecule has 1 rings (SSSR count). The summed E-state index contributed by atoms with van der Waals surface area (Å²) < 4.78 is 5.10. The molecule has 0 spiro atoms. The third kappa shape index (κ3) is 11.0. The van der Waals surface area contributed by atoms with Crippen LogP contribution in [0.3, 0.4) is 0 Å². The topological polar surface area (TPSA) is 96.5 Å². The molecular formula is C19H33N3O4Se. The summed E-state index contributed by atoms with van der Waals surface area (Å²) in [6.45, 7) is 8.73. The van der Waals surface area contributed by atoms with Gasteiger partial charge in [0.05, 0.1) is 0 Å². The molecular weight excluding hydrogens is 413 g/mol. The number of hydrogen-bond donors (Lipinski definition) is 3. The van der Waals surface area contributed by atoms with Gasteiger partial charge in [-0.1, -0.05) is 0 Å². The number of hydrogen-bond acceptors (Lipinski definition) is 4. The molecule has 0 heterocycles. The summed E-state index contributed by atoms with van der Waals surface area (Å²) in [5.74, 6) is -0.544. The Morgan fingerprint density at radius 2 is 1.89 bits per heavy atom. The molecule has 0 aliphatic heterocycles. The molecule has 0 aromatic heterocycles. The summed E-state index contributed by atoms with van der Waals surface area (Å²) in [7, 11) is 0. The zero-order chi connectivity index (χ0) is 20.3. The van der Waals surface area contributed by atoms with Gasteiger partial charge >= 0.3 is 168 Å². The van der Waals surface area contributed by atoms with Crippen LogP contribution in [0, 0.1) is 0 Å². The van der Waals surface area contributed by atoms with Crippen molar-refractivity contribution >= 4 is 32.9 Å². The van der Waals surface area contributed by atoms with Crippen LogP contribution < -0.4 is 16.0 Å². The van der Waals surface area contributed by atoms with Gasteiger partial charge in [0.2, 0.25) is 0 Å². The summed E-state index contributed by atoms with van der Waals surface area (Å²) in [5, 5.41) is 9.66. The Morgan fingerprint density at radius 1 is 1.22 bits per heavy atom. The molecule has 0 aromatic carbocycles. The molecule has 0 saturated heterocycles. The van der Waals surface area contributed by atoms with Crippen molar-refractivity contribution in [1.82, 2.24) is 16.0 Å². The van der Waals surface area contributed by atoms with Crippen molar-refractivity contribution in [3.63, 3.8) is 0 Å². The average molecular weight is 446 g/mol. The Hall–Kier alpha value is -1.53. The SMILES string of the molecule is C=CC[Se]C[C@H](NC(=O)CNC(=O)OC(C)(C)C)C(=O)NC1CCCCC1. The normalized spacial score (nSPS) is 16.1. The Kier molecular flexibility index (Phi) is 10.5. The minimum absolute atomic E-state index is 0.140. The van der Waals surface area contributed by atoms with Gasteiger partial charge in [-0.15, -0.1) is 0 Å². The van der Waals surface area contributed by atoms with Gasteiger partial charge in [-0.3, -0.25) is 0 Å². The van der Waals surface area contributed by atoms with E-state index in [9.17, 15) is 14.4 Å². The molecule has 0 bridgehead atoms. The summed E-state index contributed by atoms with van der Waals surface area (Å²) >= 11 is 0.183. The van der Waals surface area contributed by atoms with E-state index >= 15 is 0 Å². The monoisotopic (exact) mass is 447 g/mol. The number of amides is 3. The Morgan fingerprint density at radius 3 is 2.48 bits per heavy atom. The van der Waals surface area contributed by atoms with Crippen LogP contribution in [0.15, 0.2) is 12.7 Å². The summed E-state index contributed by atoms with van der Waals surface area (Å²) in [6.07, 6.45) is 6.61. The van der Waals surface area contributed by atoms with Crippen LogP contribution in [0.1, 0.15) is 52.9 Å². The molecule has 1 aliphatic rings. The first-order chi connectivity index (χ1) is 12.7. The molecule has 0 unspecified atom stereocenters. The van der Waals surface area contributed by atoms with Crippen molar-refractivity contribution < 1.29 is 19.1 Å². The van der Waals surface area contributed by atoms with Crippen LogP contribution in [0.2, 0.25) is 10.6 Å². The predicted octanol–water partition coefficient (Wildman–Crippen LogP) is 2.17. The van der Waals surface area contributed by atoms with Gasteiger partial charge in [-0.05, 0) is 0 Å². The standard InChI is InChI=1S/C19H33N3O4Se/c1-5-11-27-13-15(17(24)21-14-9-7-6-8-10-14)22-16(23)12-20-18(25)26-19(2,3)4/h5,14-15H,1,6-13H2,2-4H3,(H,20,25)(H,21,24)(H,22,23)/t15-/m0/s1. The zero-order valence-electron chi connectivity index (χ0n) is 16.6.